The fourth-order valence-corrected chi connectivity index (χ4v) is 5.60. The van der Waals surface area contributed by atoms with Crippen LogP contribution in [0, 0.1) is 6.92 Å². The van der Waals surface area contributed by atoms with E-state index in [2.05, 4.69) is 5.32 Å². The predicted octanol–water partition coefficient (Wildman–Crippen LogP) is 4.54. The van der Waals surface area contributed by atoms with Crippen LogP contribution >= 0.6 is 0 Å². The summed E-state index contributed by atoms with van der Waals surface area (Å²) in [6, 6.07) is 19.3. The van der Waals surface area contributed by atoms with Crippen molar-refractivity contribution in [2.24, 2.45) is 0 Å². The first kappa shape index (κ1) is 31.5. The van der Waals surface area contributed by atoms with Gasteiger partial charge in [-0.25, -0.2) is 8.42 Å². The zero-order chi connectivity index (χ0) is 30.4. The molecule has 10 heteroatoms. The van der Waals surface area contributed by atoms with Gasteiger partial charge in [0, 0.05) is 18.2 Å². The summed E-state index contributed by atoms with van der Waals surface area (Å²) in [5.41, 5.74) is 1.55. The molecule has 0 saturated carbocycles. The summed E-state index contributed by atoms with van der Waals surface area (Å²) in [7, 11) is -1.27. The summed E-state index contributed by atoms with van der Waals surface area (Å²) in [6.07, 6.45) is 0. The Bertz CT molecular complexity index is 1450. The average molecular weight is 582 g/mol. The van der Waals surface area contributed by atoms with Crippen molar-refractivity contribution in [2.45, 2.75) is 57.6 Å². The lowest BCUT2D eigenvalue weighted by Crippen LogP contribution is -2.54. The second-order valence-electron chi connectivity index (χ2n) is 10.8. The van der Waals surface area contributed by atoms with E-state index in [-0.39, 0.29) is 23.0 Å². The van der Waals surface area contributed by atoms with E-state index in [0.717, 1.165) is 15.4 Å². The van der Waals surface area contributed by atoms with Crippen LogP contribution in [0.2, 0.25) is 0 Å². The third-order valence-electron chi connectivity index (χ3n) is 6.40. The van der Waals surface area contributed by atoms with Crippen molar-refractivity contribution >= 4 is 27.5 Å². The van der Waals surface area contributed by atoms with E-state index >= 15 is 0 Å². The number of ether oxygens (including phenoxy) is 2. The molecule has 9 nitrogen and oxygen atoms in total. The third-order valence-corrected chi connectivity index (χ3v) is 8.19. The molecule has 0 radical (unpaired) electrons. The Morgan fingerprint density at radius 1 is 0.902 bits per heavy atom. The lowest BCUT2D eigenvalue weighted by molar-refractivity contribution is -0.140. The first-order valence-corrected chi connectivity index (χ1v) is 14.7. The van der Waals surface area contributed by atoms with Gasteiger partial charge >= 0.3 is 0 Å². The topological polar surface area (TPSA) is 105 Å². The highest BCUT2D eigenvalue weighted by Gasteiger charge is 2.33. The summed E-state index contributed by atoms with van der Waals surface area (Å²) >= 11 is 0. The smallest absolute Gasteiger partial charge is 0.264 e. The van der Waals surface area contributed by atoms with E-state index in [1.165, 1.54) is 37.3 Å². The second kappa shape index (κ2) is 13.1. The van der Waals surface area contributed by atoms with Crippen molar-refractivity contribution in [3.05, 3.63) is 83.9 Å². The molecule has 0 aliphatic rings. The molecule has 0 saturated heterocycles. The van der Waals surface area contributed by atoms with Gasteiger partial charge < -0.3 is 19.7 Å². The Labute approximate surface area is 243 Å². The number of aryl methyl sites for hydroxylation is 1. The first-order chi connectivity index (χ1) is 19.3. The molecule has 0 aromatic heterocycles. The van der Waals surface area contributed by atoms with Crippen molar-refractivity contribution in [1.29, 1.82) is 0 Å². The van der Waals surface area contributed by atoms with E-state index in [1.807, 2.05) is 52.0 Å². The van der Waals surface area contributed by atoms with Crippen LogP contribution in [0.1, 0.15) is 38.8 Å². The Hall–Kier alpha value is -4.05. The number of rotatable bonds is 11. The quantitative estimate of drug-likeness (QED) is 0.357. The molecule has 0 spiro atoms. The van der Waals surface area contributed by atoms with E-state index in [9.17, 15) is 18.0 Å². The van der Waals surface area contributed by atoms with Gasteiger partial charge in [-0.2, -0.15) is 0 Å². The Morgan fingerprint density at radius 3 is 2.07 bits per heavy atom. The van der Waals surface area contributed by atoms with Gasteiger partial charge in [0.25, 0.3) is 10.0 Å². The van der Waals surface area contributed by atoms with Crippen LogP contribution in [0.3, 0.4) is 0 Å². The summed E-state index contributed by atoms with van der Waals surface area (Å²) < 4.78 is 39.6. The average Bonchev–Trinajstić information content (AvgIpc) is 2.94. The number of carbonyl (C=O) groups excluding carboxylic acids is 2. The lowest BCUT2D eigenvalue weighted by atomic mass is 10.1. The van der Waals surface area contributed by atoms with E-state index in [1.54, 1.807) is 37.3 Å². The summed E-state index contributed by atoms with van der Waals surface area (Å²) in [4.78, 5) is 28.7. The standard InChI is InChI=1S/C31H39N3O6S/c1-22-13-15-24(16-14-22)20-33(23(2)30(36)32-31(3,4)5)29(35)21-34(41(37,38)26-11-9-8-10-12-26)25-17-18-27(39-6)28(19-25)40-7/h8-19,23H,20-21H2,1-7H3,(H,32,36)/t23-/m1/s1. The van der Waals surface area contributed by atoms with Crippen LogP contribution in [0.25, 0.3) is 0 Å². The fraction of sp³-hybridized carbons (Fsp3) is 0.355. The summed E-state index contributed by atoms with van der Waals surface area (Å²) in [5.74, 6) is -0.175. The molecule has 0 bridgehead atoms. The number of methoxy groups -OCH3 is 2. The van der Waals surface area contributed by atoms with Crippen LogP contribution < -0.4 is 19.1 Å². The van der Waals surface area contributed by atoms with Gasteiger partial charge in [-0.1, -0.05) is 48.0 Å². The molecule has 3 aromatic carbocycles. The molecular formula is C31H39N3O6S. The molecular weight excluding hydrogens is 542 g/mol. The van der Waals surface area contributed by atoms with Crippen LogP contribution in [0.15, 0.2) is 77.7 Å². The normalized spacial score (nSPS) is 12.3. The van der Waals surface area contributed by atoms with E-state index < -0.39 is 34.1 Å². The van der Waals surface area contributed by atoms with Crippen molar-refractivity contribution in [3.63, 3.8) is 0 Å². The largest absolute Gasteiger partial charge is 0.493 e. The number of sulfonamides is 1. The first-order valence-electron chi connectivity index (χ1n) is 13.2. The SMILES string of the molecule is COc1ccc(N(CC(=O)N(Cc2ccc(C)cc2)[C@H](C)C(=O)NC(C)(C)C)S(=O)(=O)c2ccccc2)cc1OC. The van der Waals surface area contributed by atoms with E-state index in [4.69, 9.17) is 9.47 Å². The number of amides is 2. The molecule has 3 rings (SSSR count). The summed E-state index contributed by atoms with van der Waals surface area (Å²) in [5, 5.41) is 2.92. The van der Waals surface area contributed by atoms with Gasteiger partial charge in [-0.3, -0.25) is 13.9 Å². The van der Waals surface area contributed by atoms with E-state index in [0.29, 0.717) is 11.5 Å². The number of carbonyl (C=O) groups is 2. The highest BCUT2D eigenvalue weighted by atomic mass is 32.2. The molecule has 0 aliphatic carbocycles. The van der Waals surface area contributed by atoms with Gasteiger partial charge in [0.2, 0.25) is 11.8 Å². The Kier molecular flexibility index (Phi) is 10.0. The molecule has 0 heterocycles. The minimum atomic E-state index is -4.19. The maximum Gasteiger partial charge on any atom is 0.264 e. The Morgan fingerprint density at radius 2 is 1.51 bits per heavy atom. The highest BCUT2D eigenvalue weighted by Crippen LogP contribution is 2.34. The number of nitrogens with one attached hydrogen (secondary N) is 1. The molecule has 41 heavy (non-hydrogen) atoms. The lowest BCUT2D eigenvalue weighted by Gasteiger charge is -2.33. The number of benzene rings is 3. The van der Waals surface area contributed by atoms with Gasteiger partial charge in [0.05, 0.1) is 24.8 Å². The predicted molar refractivity (Wildman–Crippen MR) is 160 cm³/mol. The number of anilines is 1. The molecule has 1 atom stereocenters. The van der Waals surface area contributed by atoms with Gasteiger partial charge in [-0.05, 0) is 64.4 Å². The zero-order valence-electron chi connectivity index (χ0n) is 24.7. The van der Waals surface area contributed by atoms with Crippen molar-refractivity contribution in [2.75, 3.05) is 25.1 Å². The van der Waals surface area contributed by atoms with Crippen LogP contribution in [0.5, 0.6) is 11.5 Å². The molecule has 0 aliphatic heterocycles. The van der Waals surface area contributed by atoms with Gasteiger partial charge in [-0.15, -0.1) is 0 Å². The zero-order valence-corrected chi connectivity index (χ0v) is 25.5. The van der Waals surface area contributed by atoms with Crippen molar-refractivity contribution in [3.8, 4) is 11.5 Å². The van der Waals surface area contributed by atoms with Crippen LogP contribution in [-0.2, 0) is 26.2 Å². The van der Waals surface area contributed by atoms with Crippen LogP contribution in [-0.4, -0.2) is 57.5 Å². The third kappa shape index (κ3) is 8.00. The molecule has 1 N–H and O–H groups in total. The highest BCUT2D eigenvalue weighted by molar-refractivity contribution is 7.92. The van der Waals surface area contributed by atoms with Gasteiger partial charge in [0.15, 0.2) is 11.5 Å². The Balaban J connectivity index is 2.08. The minimum Gasteiger partial charge on any atom is -0.493 e. The number of hydrogen-bond donors (Lipinski definition) is 1. The van der Waals surface area contributed by atoms with Gasteiger partial charge in [0.1, 0.15) is 12.6 Å². The van der Waals surface area contributed by atoms with Crippen molar-refractivity contribution in [1.82, 2.24) is 10.2 Å². The maximum atomic E-state index is 14.0. The monoisotopic (exact) mass is 581 g/mol. The maximum absolute atomic E-state index is 14.0. The summed E-state index contributed by atoms with van der Waals surface area (Å²) in [6.45, 7) is 8.73. The number of nitrogens with zero attached hydrogens (tertiary/aromatic N) is 2. The molecule has 0 fully saturated rings. The molecule has 0 unspecified atom stereocenters. The fourth-order valence-electron chi connectivity index (χ4n) is 4.18. The molecule has 2 amide bonds. The molecule has 220 valence electrons. The second-order valence-corrected chi connectivity index (χ2v) is 12.6. The number of hydrogen-bond acceptors (Lipinski definition) is 6. The van der Waals surface area contributed by atoms with Crippen LogP contribution in [0.4, 0.5) is 5.69 Å². The van der Waals surface area contributed by atoms with Crippen molar-refractivity contribution < 1.29 is 27.5 Å². The minimum absolute atomic E-state index is 0.0196. The molecule has 3 aromatic rings.